The number of halogens is 1. The van der Waals surface area contributed by atoms with Gasteiger partial charge in [0.2, 0.25) is 0 Å². The quantitative estimate of drug-likeness (QED) is 0.263. The Hall–Kier alpha value is -4.28. The van der Waals surface area contributed by atoms with Crippen molar-refractivity contribution < 1.29 is 19.4 Å². The minimum Gasteiger partial charge on any atom is -0.508 e. The van der Waals surface area contributed by atoms with E-state index in [1.165, 1.54) is 30.3 Å². The molecule has 0 aliphatic heterocycles. The highest BCUT2D eigenvalue weighted by molar-refractivity contribution is 6.31. The molecule has 0 heterocycles. The van der Waals surface area contributed by atoms with Crippen molar-refractivity contribution >= 4 is 40.9 Å². The van der Waals surface area contributed by atoms with Gasteiger partial charge in [0.1, 0.15) is 23.1 Å². The number of nitrogens with zero attached hydrogens (tertiary/aromatic N) is 1. The molecule has 0 unspecified atom stereocenters. The number of para-hydroxylation sites is 1. The lowest BCUT2D eigenvalue weighted by Crippen LogP contribution is -2.20. The molecule has 0 spiro atoms. The molecule has 0 bridgehead atoms. The van der Waals surface area contributed by atoms with Crippen LogP contribution in [0.15, 0.2) is 72.3 Å². The van der Waals surface area contributed by atoms with Crippen molar-refractivity contribution in [3.05, 3.63) is 88.5 Å². The van der Waals surface area contributed by atoms with Crippen molar-refractivity contribution in [2.24, 2.45) is 0 Å². The van der Waals surface area contributed by atoms with Crippen LogP contribution in [0.4, 0.5) is 11.4 Å². The molecular formula is C25H20ClN3O4. The number of aryl methyl sites for hydroxylation is 1. The molecule has 3 aromatic rings. The molecule has 0 fully saturated rings. The fourth-order valence-electron chi connectivity index (χ4n) is 2.79. The normalized spacial score (nSPS) is 10.8. The molecule has 3 rings (SSSR count). The van der Waals surface area contributed by atoms with Gasteiger partial charge in [-0.15, -0.1) is 0 Å². The Kier molecular flexibility index (Phi) is 7.68. The third-order valence-electron chi connectivity index (χ3n) is 4.52. The topological polar surface area (TPSA) is 111 Å². The van der Waals surface area contributed by atoms with E-state index in [-0.39, 0.29) is 23.8 Å². The molecule has 2 amide bonds. The summed E-state index contributed by atoms with van der Waals surface area (Å²) in [6.07, 6.45) is 1.38. The van der Waals surface area contributed by atoms with Crippen LogP contribution in [0.3, 0.4) is 0 Å². The third kappa shape index (κ3) is 6.60. The Morgan fingerprint density at radius 2 is 1.76 bits per heavy atom. The second-order valence-corrected chi connectivity index (χ2v) is 7.42. The van der Waals surface area contributed by atoms with Gasteiger partial charge in [-0.2, -0.15) is 5.26 Å². The first-order chi connectivity index (χ1) is 15.9. The highest BCUT2D eigenvalue weighted by atomic mass is 35.5. The van der Waals surface area contributed by atoms with Crippen molar-refractivity contribution in [2.75, 3.05) is 17.2 Å². The summed E-state index contributed by atoms with van der Waals surface area (Å²) in [6.45, 7) is 1.58. The first kappa shape index (κ1) is 23.4. The summed E-state index contributed by atoms with van der Waals surface area (Å²) >= 11 is 6.08. The van der Waals surface area contributed by atoms with E-state index >= 15 is 0 Å². The fourth-order valence-corrected chi connectivity index (χ4v) is 2.97. The molecule has 0 saturated carbocycles. The molecule has 0 radical (unpaired) electrons. The molecule has 166 valence electrons. The summed E-state index contributed by atoms with van der Waals surface area (Å²) in [5.41, 5.74) is 2.18. The van der Waals surface area contributed by atoms with Crippen LogP contribution in [0.25, 0.3) is 6.08 Å². The maximum Gasteiger partial charge on any atom is 0.266 e. The van der Waals surface area contributed by atoms with E-state index in [0.717, 1.165) is 5.56 Å². The molecule has 8 heteroatoms. The van der Waals surface area contributed by atoms with Crippen LogP contribution < -0.4 is 15.4 Å². The molecule has 33 heavy (non-hydrogen) atoms. The van der Waals surface area contributed by atoms with E-state index in [9.17, 15) is 20.0 Å². The van der Waals surface area contributed by atoms with E-state index in [2.05, 4.69) is 10.6 Å². The van der Waals surface area contributed by atoms with Gasteiger partial charge in [-0.1, -0.05) is 35.9 Å². The first-order valence-electron chi connectivity index (χ1n) is 9.85. The molecule has 0 aromatic heterocycles. The monoisotopic (exact) mass is 461 g/mol. The number of phenolic OH excluding ortho intramolecular Hbond substituents is 1. The van der Waals surface area contributed by atoms with Gasteiger partial charge < -0.3 is 20.5 Å². The fraction of sp³-hybridized carbons (Fsp3) is 0.0800. The third-order valence-corrected chi connectivity index (χ3v) is 4.93. The number of nitrogens with one attached hydrogen (secondary N) is 2. The minimum atomic E-state index is -0.619. The lowest BCUT2D eigenvalue weighted by atomic mass is 10.1. The number of amides is 2. The first-order valence-corrected chi connectivity index (χ1v) is 10.2. The summed E-state index contributed by atoms with van der Waals surface area (Å²) in [5, 5.41) is 24.6. The number of ether oxygens (including phenoxy) is 1. The number of anilines is 2. The standard InChI is InChI=1S/C25H20ClN3O4/c1-16-6-7-20(13-22(16)26)28-24(31)15-33-23-5-3-2-4-17(23)12-18(14-27)25(32)29-19-8-10-21(30)11-9-19/h2-13,30H,15H2,1H3,(H,28,31)(H,29,32)/b18-12+. The van der Waals surface area contributed by atoms with Crippen LogP contribution >= 0.6 is 11.6 Å². The molecule has 0 aliphatic carbocycles. The van der Waals surface area contributed by atoms with Crippen molar-refractivity contribution in [3.8, 4) is 17.6 Å². The van der Waals surface area contributed by atoms with Crippen LogP contribution in [0.1, 0.15) is 11.1 Å². The second-order valence-electron chi connectivity index (χ2n) is 7.01. The van der Waals surface area contributed by atoms with E-state index in [1.54, 1.807) is 42.5 Å². The van der Waals surface area contributed by atoms with Crippen LogP contribution in [0.5, 0.6) is 11.5 Å². The van der Waals surface area contributed by atoms with Gasteiger partial charge >= 0.3 is 0 Å². The van der Waals surface area contributed by atoms with E-state index in [1.807, 2.05) is 13.0 Å². The number of hydrogen-bond acceptors (Lipinski definition) is 5. The number of rotatable bonds is 7. The minimum absolute atomic E-state index is 0.0598. The molecular weight excluding hydrogens is 442 g/mol. The van der Waals surface area contributed by atoms with Crippen LogP contribution in [-0.2, 0) is 9.59 Å². The average molecular weight is 462 g/mol. The summed E-state index contributed by atoms with van der Waals surface area (Å²) in [4.78, 5) is 24.8. The van der Waals surface area contributed by atoms with Gasteiger partial charge in [-0.05, 0) is 61.0 Å². The Labute approximate surface area is 195 Å². The number of carbonyl (C=O) groups is 2. The molecule has 0 aliphatic rings. The van der Waals surface area contributed by atoms with E-state index < -0.39 is 5.91 Å². The Bertz CT molecular complexity index is 1250. The van der Waals surface area contributed by atoms with Crippen molar-refractivity contribution in [2.45, 2.75) is 6.92 Å². The van der Waals surface area contributed by atoms with Gasteiger partial charge in [0.15, 0.2) is 6.61 Å². The number of aromatic hydroxyl groups is 1. The number of nitriles is 1. The Morgan fingerprint density at radius 3 is 2.45 bits per heavy atom. The van der Waals surface area contributed by atoms with Gasteiger partial charge in [0.05, 0.1) is 0 Å². The summed E-state index contributed by atoms with van der Waals surface area (Å²) in [7, 11) is 0. The highest BCUT2D eigenvalue weighted by Crippen LogP contribution is 2.23. The molecule has 3 N–H and O–H groups in total. The molecule has 7 nitrogen and oxygen atoms in total. The zero-order valence-corrected chi connectivity index (χ0v) is 18.4. The van der Waals surface area contributed by atoms with E-state index in [4.69, 9.17) is 16.3 Å². The molecule has 3 aromatic carbocycles. The Balaban J connectivity index is 1.69. The van der Waals surface area contributed by atoms with Crippen molar-refractivity contribution in [3.63, 3.8) is 0 Å². The molecule has 0 atom stereocenters. The number of benzene rings is 3. The van der Waals surface area contributed by atoms with Gasteiger partial charge in [0, 0.05) is 22.0 Å². The maximum absolute atomic E-state index is 12.5. The number of phenols is 1. The SMILES string of the molecule is Cc1ccc(NC(=O)COc2ccccc2/C=C(\C#N)C(=O)Nc2ccc(O)cc2)cc1Cl. The van der Waals surface area contributed by atoms with Crippen molar-refractivity contribution in [1.82, 2.24) is 0 Å². The van der Waals surface area contributed by atoms with Crippen LogP contribution in [0, 0.1) is 18.3 Å². The van der Waals surface area contributed by atoms with Gasteiger partial charge in [0.25, 0.3) is 11.8 Å². The lowest BCUT2D eigenvalue weighted by Gasteiger charge is -2.11. The van der Waals surface area contributed by atoms with Crippen LogP contribution in [0.2, 0.25) is 5.02 Å². The summed E-state index contributed by atoms with van der Waals surface area (Å²) in [6, 6.07) is 19.7. The summed E-state index contributed by atoms with van der Waals surface area (Å²) < 4.78 is 5.62. The number of carbonyl (C=O) groups excluding carboxylic acids is 2. The second kappa shape index (κ2) is 10.8. The average Bonchev–Trinajstić information content (AvgIpc) is 2.80. The Morgan fingerprint density at radius 1 is 1.06 bits per heavy atom. The zero-order chi connectivity index (χ0) is 23.8. The van der Waals surface area contributed by atoms with Gasteiger partial charge in [-0.3, -0.25) is 9.59 Å². The predicted octanol–water partition coefficient (Wildman–Crippen LogP) is 4.92. The summed E-state index contributed by atoms with van der Waals surface area (Å²) in [5.74, 6) is -0.615. The lowest BCUT2D eigenvalue weighted by molar-refractivity contribution is -0.118. The van der Waals surface area contributed by atoms with Crippen molar-refractivity contribution in [1.29, 1.82) is 5.26 Å². The zero-order valence-electron chi connectivity index (χ0n) is 17.6. The number of hydrogen-bond donors (Lipinski definition) is 3. The largest absolute Gasteiger partial charge is 0.508 e. The van der Waals surface area contributed by atoms with E-state index in [0.29, 0.717) is 27.7 Å². The smallest absolute Gasteiger partial charge is 0.266 e. The maximum atomic E-state index is 12.5. The molecule has 0 saturated heterocycles. The predicted molar refractivity (Wildman–Crippen MR) is 127 cm³/mol. The van der Waals surface area contributed by atoms with Crippen LogP contribution in [-0.4, -0.2) is 23.5 Å². The highest BCUT2D eigenvalue weighted by Gasteiger charge is 2.12. The van der Waals surface area contributed by atoms with Gasteiger partial charge in [-0.25, -0.2) is 0 Å².